The molecule has 0 saturated carbocycles. The zero-order valence-electron chi connectivity index (χ0n) is 26.4. The van der Waals surface area contributed by atoms with Crippen molar-refractivity contribution in [1.29, 1.82) is 0 Å². The van der Waals surface area contributed by atoms with Crippen molar-refractivity contribution in [3.05, 3.63) is 108 Å². The fourth-order valence-electron chi connectivity index (χ4n) is 6.12. The van der Waals surface area contributed by atoms with Crippen molar-refractivity contribution in [1.82, 2.24) is 14.5 Å². The van der Waals surface area contributed by atoms with Gasteiger partial charge in [-0.1, -0.05) is 67.9 Å². The number of unbranched alkanes of at least 4 members (excludes halogenated alkanes) is 1. The molecule has 2 aliphatic heterocycles. The van der Waals surface area contributed by atoms with Crippen LogP contribution >= 0.6 is 0 Å². The Kier molecular flexibility index (Phi) is 8.78. The van der Waals surface area contributed by atoms with Gasteiger partial charge in [0, 0.05) is 37.3 Å². The number of rotatable bonds is 13. The summed E-state index contributed by atoms with van der Waals surface area (Å²) >= 11 is 0. The van der Waals surface area contributed by atoms with Gasteiger partial charge in [-0.2, -0.15) is 0 Å². The zero-order chi connectivity index (χ0) is 31.3. The number of hydrogen-bond acceptors (Lipinski definition) is 7. The highest BCUT2D eigenvalue weighted by Crippen LogP contribution is 2.37. The minimum absolute atomic E-state index is 0.253. The van der Waals surface area contributed by atoms with E-state index in [0.717, 1.165) is 81.9 Å². The Hall–Kier alpha value is -4.95. The van der Waals surface area contributed by atoms with Gasteiger partial charge in [-0.05, 0) is 60.9 Å². The third kappa shape index (κ3) is 6.39. The second-order valence-electron chi connectivity index (χ2n) is 11.6. The van der Waals surface area contributed by atoms with Gasteiger partial charge in [0.2, 0.25) is 13.6 Å². The van der Waals surface area contributed by atoms with Gasteiger partial charge in [-0.25, -0.2) is 4.98 Å². The summed E-state index contributed by atoms with van der Waals surface area (Å²) in [6.45, 7) is 8.29. The molecule has 0 N–H and O–H groups in total. The Balaban J connectivity index is 1.33. The first-order chi connectivity index (χ1) is 22.7. The molecule has 0 amide bonds. The van der Waals surface area contributed by atoms with E-state index >= 15 is 0 Å². The molecule has 46 heavy (non-hydrogen) atoms. The quantitative estimate of drug-likeness (QED) is 0.132. The van der Waals surface area contributed by atoms with Gasteiger partial charge in [0.1, 0.15) is 11.6 Å². The maximum Gasteiger partial charge on any atom is 0.231 e. The summed E-state index contributed by atoms with van der Waals surface area (Å²) < 4.78 is 31.0. The lowest BCUT2D eigenvalue weighted by atomic mass is 10.1. The van der Waals surface area contributed by atoms with Crippen LogP contribution in [0.5, 0.6) is 28.7 Å². The summed E-state index contributed by atoms with van der Waals surface area (Å²) in [5.74, 6) is 4.96. The Bertz CT molecular complexity index is 1740. The van der Waals surface area contributed by atoms with Gasteiger partial charge in [0.05, 0.1) is 18.0 Å². The van der Waals surface area contributed by atoms with Crippen molar-refractivity contribution in [3.63, 3.8) is 0 Å². The van der Waals surface area contributed by atoms with Gasteiger partial charge < -0.3 is 28.3 Å². The van der Waals surface area contributed by atoms with Crippen LogP contribution in [0, 0.1) is 0 Å². The number of aromatic nitrogens is 2. The molecule has 236 valence electrons. The molecule has 0 unspecified atom stereocenters. The average molecular weight is 618 g/mol. The van der Waals surface area contributed by atoms with Gasteiger partial charge in [-0.15, -0.1) is 0 Å². The van der Waals surface area contributed by atoms with Crippen LogP contribution in [-0.4, -0.2) is 34.6 Å². The summed E-state index contributed by atoms with van der Waals surface area (Å²) in [7, 11) is 0. The molecule has 0 spiro atoms. The van der Waals surface area contributed by atoms with E-state index in [2.05, 4.69) is 83.1 Å². The Labute approximate surface area is 270 Å². The standard InChI is InChI=1S/C38H39N3O5/c1-3-5-18-41-32(37(30-12-9-13-31(21-30)42-4-2)39-38(41)29-10-7-6-8-11-29)24-40(22-27-14-16-33-35(19-27)45-25-43-33)23-28-15-17-34-36(20-28)46-26-44-34/h6-17,19-21H,3-5,18,22-26H2,1-2H3. The lowest BCUT2D eigenvalue weighted by Gasteiger charge is -2.25. The van der Waals surface area contributed by atoms with E-state index in [1.54, 1.807) is 0 Å². The van der Waals surface area contributed by atoms with Crippen LogP contribution in [0.4, 0.5) is 0 Å². The third-order valence-corrected chi connectivity index (χ3v) is 8.32. The molecule has 0 atom stereocenters. The fraction of sp³-hybridized carbons (Fsp3) is 0.289. The number of benzene rings is 4. The molecule has 7 rings (SSSR count). The van der Waals surface area contributed by atoms with Crippen LogP contribution in [0.3, 0.4) is 0 Å². The maximum absolute atomic E-state index is 5.92. The van der Waals surface area contributed by atoms with Crippen LogP contribution in [0.2, 0.25) is 0 Å². The minimum Gasteiger partial charge on any atom is -0.494 e. The number of fused-ring (bicyclic) bond motifs is 2. The van der Waals surface area contributed by atoms with Crippen molar-refractivity contribution < 1.29 is 23.7 Å². The highest BCUT2D eigenvalue weighted by molar-refractivity contribution is 5.69. The smallest absolute Gasteiger partial charge is 0.231 e. The van der Waals surface area contributed by atoms with Crippen LogP contribution in [0.15, 0.2) is 91.0 Å². The topological polar surface area (TPSA) is 67.2 Å². The van der Waals surface area contributed by atoms with E-state index in [1.807, 2.05) is 31.2 Å². The lowest BCUT2D eigenvalue weighted by Crippen LogP contribution is -2.24. The summed E-state index contributed by atoms with van der Waals surface area (Å²) in [5, 5.41) is 0. The van der Waals surface area contributed by atoms with Crippen molar-refractivity contribution >= 4 is 0 Å². The van der Waals surface area contributed by atoms with Gasteiger partial charge in [0.25, 0.3) is 0 Å². The van der Waals surface area contributed by atoms with Crippen LogP contribution in [0.25, 0.3) is 22.6 Å². The minimum atomic E-state index is 0.253. The monoisotopic (exact) mass is 617 g/mol. The zero-order valence-corrected chi connectivity index (χ0v) is 26.4. The van der Waals surface area contributed by atoms with Crippen molar-refractivity contribution in [2.45, 2.75) is 52.9 Å². The summed E-state index contributed by atoms with van der Waals surface area (Å²) in [6, 6.07) is 31.2. The second-order valence-corrected chi connectivity index (χ2v) is 11.6. The Morgan fingerprint density at radius 1 is 0.696 bits per heavy atom. The predicted molar refractivity (Wildman–Crippen MR) is 177 cm³/mol. The number of imidazole rings is 1. The Morgan fingerprint density at radius 3 is 2.00 bits per heavy atom. The number of nitrogens with zero attached hydrogens (tertiary/aromatic N) is 3. The molecule has 0 bridgehead atoms. The normalized spacial score (nSPS) is 13.0. The van der Waals surface area contributed by atoms with Crippen LogP contribution in [-0.2, 0) is 26.2 Å². The van der Waals surface area contributed by atoms with Gasteiger partial charge in [-0.3, -0.25) is 4.90 Å². The maximum atomic E-state index is 5.92. The molecule has 3 heterocycles. The molecule has 8 nitrogen and oxygen atoms in total. The molecule has 0 saturated heterocycles. The first-order valence-corrected chi connectivity index (χ1v) is 16.1. The van der Waals surface area contributed by atoms with Crippen LogP contribution < -0.4 is 23.7 Å². The SMILES string of the molecule is CCCCn1c(-c2ccccc2)nc(-c2cccc(OCC)c2)c1CN(Cc1ccc2c(c1)OCO2)Cc1ccc2c(c1)OCO2. The van der Waals surface area contributed by atoms with Gasteiger partial charge in [0.15, 0.2) is 23.0 Å². The highest BCUT2D eigenvalue weighted by atomic mass is 16.7. The van der Waals surface area contributed by atoms with E-state index in [4.69, 9.17) is 28.7 Å². The average Bonchev–Trinajstić information content (AvgIpc) is 3.83. The van der Waals surface area contributed by atoms with E-state index in [1.165, 1.54) is 5.69 Å². The Morgan fingerprint density at radius 2 is 1.35 bits per heavy atom. The summed E-state index contributed by atoms with van der Waals surface area (Å²) in [6.07, 6.45) is 2.13. The molecule has 1 aromatic heterocycles. The number of ether oxygens (including phenoxy) is 5. The molecule has 5 aromatic rings. The first kappa shape index (κ1) is 29.7. The summed E-state index contributed by atoms with van der Waals surface area (Å²) in [5.41, 5.74) is 6.57. The molecule has 2 aliphatic rings. The van der Waals surface area contributed by atoms with E-state index in [9.17, 15) is 0 Å². The van der Waals surface area contributed by atoms with Crippen molar-refractivity contribution in [2.24, 2.45) is 0 Å². The largest absolute Gasteiger partial charge is 0.494 e. The lowest BCUT2D eigenvalue weighted by molar-refractivity contribution is 0.173. The molecular formula is C38H39N3O5. The van der Waals surface area contributed by atoms with E-state index < -0.39 is 0 Å². The van der Waals surface area contributed by atoms with Crippen molar-refractivity contribution in [2.75, 3.05) is 20.2 Å². The van der Waals surface area contributed by atoms with E-state index in [0.29, 0.717) is 26.2 Å². The molecular weight excluding hydrogens is 578 g/mol. The molecule has 0 fully saturated rings. The molecule has 8 heteroatoms. The van der Waals surface area contributed by atoms with Gasteiger partial charge >= 0.3 is 0 Å². The van der Waals surface area contributed by atoms with Crippen molar-refractivity contribution in [3.8, 4) is 51.4 Å². The predicted octanol–water partition coefficient (Wildman–Crippen LogP) is 8.08. The fourth-order valence-corrected chi connectivity index (χ4v) is 6.12. The van der Waals surface area contributed by atoms with Crippen LogP contribution in [0.1, 0.15) is 43.5 Å². The third-order valence-electron chi connectivity index (χ3n) is 8.32. The summed E-state index contributed by atoms with van der Waals surface area (Å²) in [4.78, 5) is 7.83. The highest BCUT2D eigenvalue weighted by Gasteiger charge is 2.24. The molecule has 4 aromatic carbocycles. The van der Waals surface area contributed by atoms with E-state index in [-0.39, 0.29) is 13.6 Å². The number of hydrogen-bond donors (Lipinski definition) is 0. The molecule has 0 radical (unpaired) electrons. The first-order valence-electron chi connectivity index (χ1n) is 16.1. The second kappa shape index (κ2) is 13.6. The molecule has 0 aliphatic carbocycles.